The monoisotopic (exact) mass is 202 g/mol. The van der Waals surface area contributed by atoms with Crippen LogP contribution in [0.5, 0.6) is 0 Å². The SMILES string of the molecule is CCCNC(C)(COCC)CC(N)=O. The van der Waals surface area contributed by atoms with Gasteiger partial charge in [0.05, 0.1) is 6.61 Å². The summed E-state index contributed by atoms with van der Waals surface area (Å²) in [5.41, 5.74) is 4.87. The largest absolute Gasteiger partial charge is 0.380 e. The first-order valence-corrected chi connectivity index (χ1v) is 5.15. The predicted octanol–water partition coefficient (Wildman–Crippen LogP) is 0.657. The van der Waals surface area contributed by atoms with Crippen molar-refractivity contribution in [2.75, 3.05) is 19.8 Å². The average Bonchev–Trinajstić information content (AvgIpc) is 2.11. The summed E-state index contributed by atoms with van der Waals surface area (Å²) in [6, 6.07) is 0. The van der Waals surface area contributed by atoms with Crippen molar-refractivity contribution >= 4 is 5.91 Å². The van der Waals surface area contributed by atoms with Gasteiger partial charge in [0.1, 0.15) is 0 Å². The first-order chi connectivity index (χ1) is 6.54. The predicted molar refractivity (Wildman–Crippen MR) is 57.0 cm³/mol. The van der Waals surface area contributed by atoms with Crippen molar-refractivity contribution in [2.24, 2.45) is 5.73 Å². The Morgan fingerprint density at radius 1 is 1.50 bits per heavy atom. The molecule has 0 aromatic heterocycles. The highest BCUT2D eigenvalue weighted by molar-refractivity contribution is 5.75. The third kappa shape index (κ3) is 5.94. The lowest BCUT2D eigenvalue weighted by molar-refractivity contribution is -0.120. The van der Waals surface area contributed by atoms with Crippen LogP contribution in [0.4, 0.5) is 0 Å². The zero-order valence-corrected chi connectivity index (χ0v) is 9.43. The summed E-state index contributed by atoms with van der Waals surface area (Å²) in [7, 11) is 0. The summed E-state index contributed by atoms with van der Waals surface area (Å²) in [6.45, 7) is 8.03. The minimum atomic E-state index is -0.322. The molecule has 0 spiro atoms. The molecule has 0 aromatic rings. The Morgan fingerprint density at radius 3 is 2.57 bits per heavy atom. The normalized spacial score (nSPS) is 15.1. The Kier molecular flexibility index (Phi) is 6.49. The number of hydrogen-bond acceptors (Lipinski definition) is 3. The van der Waals surface area contributed by atoms with Crippen molar-refractivity contribution < 1.29 is 9.53 Å². The van der Waals surface area contributed by atoms with Gasteiger partial charge in [-0.05, 0) is 26.8 Å². The van der Waals surface area contributed by atoms with Crippen LogP contribution in [0.1, 0.15) is 33.6 Å². The zero-order valence-electron chi connectivity index (χ0n) is 9.43. The van der Waals surface area contributed by atoms with E-state index in [9.17, 15) is 4.79 Å². The van der Waals surface area contributed by atoms with Crippen LogP contribution in [0.3, 0.4) is 0 Å². The number of ether oxygens (including phenoxy) is 1. The second kappa shape index (κ2) is 6.79. The lowest BCUT2D eigenvalue weighted by Gasteiger charge is -2.29. The third-order valence-corrected chi connectivity index (χ3v) is 1.99. The summed E-state index contributed by atoms with van der Waals surface area (Å²) in [5.74, 6) is -0.296. The molecule has 1 atom stereocenters. The van der Waals surface area contributed by atoms with Crippen LogP contribution in [-0.2, 0) is 9.53 Å². The molecule has 0 fully saturated rings. The molecular formula is C10H22N2O2. The van der Waals surface area contributed by atoms with E-state index in [1.807, 2.05) is 13.8 Å². The van der Waals surface area contributed by atoms with E-state index in [1.54, 1.807) is 0 Å². The van der Waals surface area contributed by atoms with Crippen molar-refractivity contribution in [3.63, 3.8) is 0 Å². The molecule has 0 saturated carbocycles. The molecule has 14 heavy (non-hydrogen) atoms. The van der Waals surface area contributed by atoms with Crippen LogP contribution in [0.25, 0.3) is 0 Å². The maximum Gasteiger partial charge on any atom is 0.219 e. The van der Waals surface area contributed by atoms with E-state index in [-0.39, 0.29) is 11.4 Å². The molecule has 0 aliphatic carbocycles. The van der Waals surface area contributed by atoms with E-state index >= 15 is 0 Å². The molecule has 3 N–H and O–H groups in total. The molecule has 0 aromatic carbocycles. The van der Waals surface area contributed by atoms with Gasteiger partial charge in [-0.1, -0.05) is 6.92 Å². The van der Waals surface area contributed by atoms with Gasteiger partial charge in [-0.3, -0.25) is 4.79 Å². The van der Waals surface area contributed by atoms with Gasteiger partial charge in [0, 0.05) is 18.6 Å². The molecule has 0 aliphatic rings. The van der Waals surface area contributed by atoms with Gasteiger partial charge in [0.15, 0.2) is 0 Å². The fraction of sp³-hybridized carbons (Fsp3) is 0.900. The molecule has 4 heteroatoms. The molecule has 1 unspecified atom stereocenters. The number of nitrogens with one attached hydrogen (secondary N) is 1. The van der Waals surface area contributed by atoms with Crippen LogP contribution in [0.15, 0.2) is 0 Å². The van der Waals surface area contributed by atoms with Gasteiger partial charge in [-0.15, -0.1) is 0 Å². The highest BCUT2D eigenvalue weighted by atomic mass is 16.5. The Morgan fingerprint density at radius 2 is 2.14 bits per heavy atom. The maximum absolute atomic E-state index is 10.9. The van der Waals surface area contributed by atoms with Crippen LogP contribution in [0, 0.1) is 0 Å². The fourth-order valence-corrected chi connectivity index (χ4v) is 1.30. The summed E-state index contributed by atoms with van der Waals surface area (Å²) in [5, 5.41) is 3.29. The highest BCUT2D eigenvalue weighted by Crippen LogP contribution is 2.09. The van der Waals surface area contributed by atoms with Gasteiger partial charge in [-0.2, -0.15) is 0 Å². The van der Waals surface area contributed by atoms with Gasteiger partial charge < -0.3 is 15.8 Å². The van der Waals surface area contributed by atoms with Crippen LogP contribution < -0.4 is 11.1 Å². The zero-order chi connectivity index (χ0) is 11.0. The van der Waals surface area contributed by atoms with E-state index < -0.39 is 0 Å². The smallest absolute Gasteiger partial charge is 0.219 e. The second-order valence-electron chi connectivity index (χ2n) is 3.77. The second-order valence-corrected chi connectivity index (χ2v) is 3.77. The third-order valence-electron chi connectivity index (χ3n) is 1.99. The minimum Gasteiger partial charge on any atom is -0.380 e. The Bertz CT molecular complexity index is 164. The van der Waals surface area contributed by atoms with Crippen molar-refractivity contribution in [3.8, 4) is 0 Å². The maximum atomic E-state index is 10.9. The van der Waals surface area contributed by atoms with Crippen LogP contribution in [0.2, 0.25) is 0 Å². The number of rotatable bonds is 8. The van der Waals surface area contributed by atoms with Crippen molar-refractivity contribution in [2.45, 2.75) is 39.2 Å². The molecule has 84 valence electrons. The topological polar surface area (TPSA) is 64.3 Å². The van der Waals surface area contributed by atoms with Crippen LogP contribution >= 0.6 is 0 Å². The van der Waals surface area contributed by atoms with E-state index in [1.165, 1.54) is 0 Å². The Hall–Kier alpha value is -0.610. The summed E-state index contributed by atoms with van der Waals surface area (Å²) in [6.07, 6.45) is 1.34. The van der Waals surface area contributed by atoms with E-state index in [4.69, 9.17) is 10.5 Å². The fourth-order valence-electron chi connectivity index (χ4n) is 1.30. The highest BCUT2D eigenvalue weighted by Gasteiger charge is 2.25. The minimum absolute atomic E-state index is 0.296. The first kappa shape index (κ1) is 13.4. The number of amides is 1. The van der Waals surface area contributed by atoms with Crippen molar-refractivity contribution in [1.29, 1.82) is 0 Å². The summed E-state index contributed by atoms with van der Waals surface area (Å²) in [4.78, 5) is 10.9. The lowest BCUT2D eigenvalue weighted by Crippen LogP contribution is -2.49. The summed E-state index contributed by atoms with van der Waals surface area (Å²) < 4.78 is 5.33. The number of hydrogen-bond donors (Lipinski definition) is 2. The van der Waals surface area contributed by atoms with Crippen molar-refractivity contribution in [1.82, 2.24) is 5.32 Å². The van der Waals surface area contributed by atoms with Gasteiger partial charge in [-0.25, -0.2) is 0 Å². The number of carbonyl (C=O) groups is 1. The molecule has 0 saturated heterocycles. The molecular weight excluding hydrogens is 180 g/mol. The number of carbonyl (C=O) groups excluding carboxylic acids is 1. The van der Waals surface area contributed by atoms with E-state index in [0.29, 0.717) is 19.6 Å². The molecule has 4 nitrogen and oxygen atoms in total. The molecule has 0 heterocycles. The quantitative estimate of drug-likeness (QED) is 0.607. The molecule has 0 rings (SSSR count). The Balaban J connectivity index is 4.09. The van der Waals surface area contributed by atoms with Crippen LogP contribution in [-0.4, -0.2) is 31.2 Å². The Labute approximate surface area is 86.2 Å². The standard InChI is InChI=1S/C10H22N2O2/c1-4-6-12-10(3,7-9(11)13)8-14-5-2/h12H,4-8H2,1-3H3,(H2,11,13). The molecule has 1 amide bonds. The first-order valence-electron chi connectivity index (χ1n) is 5.15. The number of primary amides is 1. The molecule has 0 bridgehead atoms. The van der Waals surface area contributed by atoms with E-state index in [0.717, 1.165) is 13.0 Å². The van der Waals surface area contributed by atoms with Gasteiger partial charge in [0.2, 0.25) is 5.91 Å². The lowest BCUT2D eigenvalue weighted by atomic mass is 9.98. The molecule has 0 aliphatic heterocycles. The van der Waals surface area contributed by atoms with E-state index in [2.05, 4.69) is 12.2 Å². The number of nitrogens with two attached hydrogens (primary N) is 1. The summed E-state index contributed by atoms with van der Waals surface area (Å²) >= 11 is 0. The average molecular weight is 202 g/mol. The van der Waals surface area contributed by atoms with Crippen molar-refractivity contribution in [3.05, 3.63) is 0 Å². The van der Waals surface area contributed by atoms with Gasteiger partial charge >= 0.3 is 0 Å². The molecule has 0 radical (unpaired) electrons. The van der Waals surface area contributed by atoms with Gasteiger partial charge in [0.25, 0.3) is 0 Å².